The molecule has 0 aliphatic carbocycles. The molecule has 2 aliphatic rings. The van der Waals surface area contributed by atoms with Crippen LogP contribution in [-0.4, -0.2) is 32.4 Å². The van der Waals surface area contributed by atoms with Gasteiger partial charge in [-0.3, -0.25) is 0 Å². The molecule has 31 heavy (non-hydrogen) atoms. The highest BCUT2D eigenvalue weighted by molar-refractivity contribution is 7.89. The number of nitrogens with zero attached hydrogens (tertiary/aromatic N) is 1. The summed E-state index contributed by atoms with van der Waals surface area (Å²) >= 11 is 0. The first kappa shape index (κ1) is 22.1. The van der Waals surface area contributed by atoms with E-state index in [1.165, 1.54) is 22.3 Å². The average Bonchev–Trinajstić information content (AvgIpc) is 3.03. The fraction of sp³-hybridized carbons (Fsp3) is 0.462. The maximum absolute atomic E-state index is 13.0. The van der Waals surface area contributed by atoms with Crippen molar-refractivity contribution in [2.24, 2.45) is 0 Å². The number of rotatable bonds is 5. The van der Waals surface area contributed by atoms with Crippen LogP contribution in [0.1, 0.15) is 61.8 Å². The Kier molecular flexibility index (Phi) is 5.78. The molecule has 0 unspecified atom stereocenters. The first-order valence-corrected chi connectivity index (χ1v) is 12.6. The molecule has 2 heterocycles. The van der Waals surface area contributed by atoms with Crippen LogP contribution in [0.25, 0.3) is 0 Å². The van der Waals surface area contributed by atoms with E-state index < -0.39 is 10.0 Å². The first-order valence-electron chi connectivity index (χ1n) is 11.1. The second-order valence-corrected chi connectivity index (χ2v) is 11.6. The molecule has 4 nitrogen and oxygen atoms in total. The second-order valence-electron chi connectivity index (χ2n) is 9.67. The molecule has 0 aromatic heterocycles. The Hall–Kier alpha value is -2.11. The van der Waals surface area contributed by atoms with Gasteiger partial charge in [0.2, 0.25) is 10.0 Å². The van der Waals surface area contributed by atoms with Gasteiger partial charge in [-0.1, -0.05) is 56.2 Å². The van der Waals surface area contributed by atoms with Gasteiger partial charge in [-0.15, -0.1) is 0 Å². The van der Waals surface area contributed by atoms with Crippen molar-refractivity contribution in [3.8, 4) is 5.75 Å². The quantitative estimate of drug-likeness (QED) is 0.579. The summed E-state index contributed by atoms with van der Waals surface area (Å²) in [5.41, 5.74) is 6.26. The Bertz CT molecular complexity index is 1120. The summed E-state index contributed by atoms with van der Waals surface area (Å²) in [6, 6.07) is 11.6. The summed E-state index contributed by atoms with van der Waals surface area (Å²) in [7, 11) is -3.45. The normalized spacial score (nSPS) is 21.7. The Morgan fingerprint density at radius 1 is 1.13 bits per heavy atom. The number of hydrogen-bond acceptors (Lipinski definition) is 3. The highest BCUT2D eigenvalue weighted by Crippen LogP contribution is 2.45. The smallest absolute Gasteiger partial charge is 0.243 e. The Balaban J connectivity index is 1.52. The third kappa shape index (κ3) is 4.18. The molecule has 0 radical (unpaired) electrons. The van der Waals surface area contributed by atoms with E-state index in [-0.39, 0.29) is 5.41 Å². The van der Waals surface area contributed by atoms with E-state index in [1.54, 1.807) is 16.4 Å². The third-order valence-electron chi connectivity index (χ3n) is 6.73. The van der Waals surface area contributed by atoms with E-state index in [0.29, 0.717) is 30.5 Å². The number of ether oxygens (including phenoxy) is 1. The lowest BCUT2D eigenvalue weighted by Crippen LogP contribution is -2.36. The van der Waals surface area contributed by atoms with E-state index >= 15 is 0 Å². The molecule has 0 spiro atoms. The summed E-state index contributed by atoms with van der Waals surface area (Å²) in [6.45, 7) is 12.5. The molecule has 2 aliphatic heterocycles. The number of benzene rings is 2. The van der Waals surface area contributed by atoms with E-state index in [2.05, 4.69) is 45.9 Å². The van der Waals surface area contributed by atoms with Crippen LogP contribution in [0.15, 0.2) is 52.9 Å². The zero-order valence-corrected chi connectivity index (χ0v) is 20.1. The summed E-state index contributed by atoms with van der Waals surface area (Å²) in [6.07, 6.45) is 3.77. The number of fused-ring (bicyclic) bond motifs is 1. The zero-order valence-electron chi connectivity index (χ0n) is 19.2. The Morgan fingerprint density at radius 3 is 2.45 bits per heavy atom. The van der Waals surface area contributed by atoms with Crippen LogP contribution in [0.4, 0.5) is 0 Å². The van der Waals surface area contributed by atoms with Gasteiger partial charge < -0.3 is 4.74 Å². The maximum Gasteiger partial charge on any atom is 0.243 e. The molecule has 0 amide bonds. The van der Waals surface area contributed by atoms with Gasteiger partial charge in [-0.25, -0.2) is 8.42 Å². The van der Waals surface area contributed by atoms with Gasteiger partial charge >= 0.3 is 0 Å². The summed E-state index contributed by atoms with van der Waals surface area (Å²) in [4.78, 5) is 0.372. The molecule has 0 bridgehead atoms. The van der Waals surface area contributed by atoms with Gasteiger partial charge in [0, 0.05) is 24.1 Å². The number of hydrogen-bond donors (Lipinski definition) is 0. The molecule has 0 saturated carbocycles. The summed E-state index contributed by atoms with van der Waals surface area (Å²) in [5, 5.41) is 0. The molecular weight excluding hydrogens is 406 g/mol. The molecule has 1 atom stereocenters. The van der Waals surface area contributed by atoms with Crippen LogP contribution in [0, 0.1) is 13.8 Å². The van der Waals surface area contributed by atoms with E-state index in [9.17, 15) is 8.42 Å². The minimum absolute atomic E-state index is 0.0729. The van der Waals surface area contributed by atoms with Gasteiger partial charge in [0.15, 0.2) is 0 Å². The second kappa shape index (κ2) is 8.10. The van der Waals surface area contributed by atoms with E-state index in [4.69, 9.17) is 4.74 Å². The van der Waals surface area contributed by atoms with Crippen molar-refractivity contribution in [2.45, 2.75) is 63.7 Å². The van der Waals surface area contributed by atoms with Crippen LogP contribution < -0.4 is 4.74 Å². The Labute approximate surface area is 187 Å². The highest BCUT2D eigenvalue weighted by atomic mass is 32.2. The van der Waals surface area contributed by atoms with Crippen LogP contribution in [0.2, 0.25) is 0 Å². The van der Waals surface area contributed by atoms with Crippen LogP contribution >= 0.6 is 0 Å². The van der Waals surface area contributed by atoms with Crippen LogP contribution in [0.3, 0.4) is 0 Å². The number of sulfonamides is 1. The van der Waals surface area contributed by atoms with Crippen LogP contribution in [-0.2, 0) is 15.4 Å². The lowest BCUT2D eigenvalue weighted by molar-refractivity contribution is 0.273. The maximum atomic E-state index is 13.0. The van der Waals surface area contributed by atoms with Crippen molar-refractivity contribution in [2.75, 3.05) is 19.7 Å². The fourth-order valence-corrected chi connectivity index (χ4v) is 6.18. The fourth-order valence-electron chi connectivity index (χ4n) is 4.80. The van der Waals surface area contributed by atoms with Crippen molar-refractivity contribution >= 4 is 10.0 Å². The van der Waals surface area contributed by atoms with Gasteiger partial charge in [0.1, 0.15) is 5.75 Å². The van der Waals surface area contributed by atoms with Crippen molar-refractivity contribution < 1.29 is 13.2 Å². The average molecular weight is 440 g/mol. The van der Waals surface area contributed by atoms with E-state index in [1.807, 2.05) is 19.1 Å². The Morgan fingerprint density at radius 2 is 1.84 bits per heavy atom. The predicted octanol–water partition coefficient (Wildman–Crippen LogP) is 5.49. The minimum atomic E-state index is -3.45. The zero-order chi connectivity index (χ0) is 22.4. The molecule has 166 valence electrons. The highest BCUT2D eigenvalue weighted by Gasteiger charge is 2.38. The molecule has 2 aromatic rings. The molecule has 4 rings (SSSR count). The third-order valence-corrected chi connectivity index (χ3v) is 8.61. The predicted molar refractivity (Wildman–Crippen MR) is 125 cm³/mol. The molecule has 0 N–H and O–H groups in total. The van der Waals surface area contributed by atoms with Crippen molar-refractivity contribution in [3.05, 3.63) is 70.3 Å². The first-order chi connectivity index (χ1) is 14.6. The molecule has 0 fully saturated rings. The standard InChI is InChI=1S/C26H33NO3S/c1-18(2)23-15-24-25(14-20(23)4)30-17-26(24,5)16-21-10-12-27(13-11-21)31(28,29)22-8-6-19(3)7-9-22/h6-10,14-15,18H,11-13,16-17H2,1-5H3/t26-/m0/s1. The lowest BCUT2D eigenvalue weighted by atomic mass is 9.76. The largest absolute Gasteiger partial charge is 0.492 e. The lowest BCUT2D eigenvalue weighted by Gasteiger charge is -2.30. The minimum Gasteiger partial charge on any atom is -0.492 e. The van der Waals surface area contributed by atoms with Crippen molar-refractivity contribution in [1.29, 1.82) is 0 Å². The van der Waals surface area contributed by atoms with Gasteiger partial charge in [0.25, 0.3) is 0 Å². The molecule has 2 aromatic carbocycles. The topological polar surface area (TPSA) is 46.6 Å². The van der Waals surface area contributed by atoms with Crippen LogP contribution in [0.5, 0.6) is 5.75 Å². The van der Waals surface area contributed by atoms with E-state index in [0.717, 1.165) is 24.2 Å². The molecular formula is C26H33NO3S. The molecule has 0 saturated heterocycles. The van der Waals surface area contributed by atoms with Crippen molar-refractivity contribution in [3.63, 3.8) is 0 Å². The summed E-state index contributed by atoms with van der Waals surface area (Å²) < 4.78 is 33.6. The summed E-state index contributed by atoms with van der Waals surface area (Å²) in [5.74, 6) is 1.48. The van der Waals surface area contributed by atoms with Crippen molar-refractivity contribution in [1.82, 2.24) is 4.31 Å². The van der Waals surface area contributed by atoms with Gasteiger partial charge in [-0.05, 0) is 61.9 Å². The van der Waals surface area contributed by atoms with Gasteiger partial charge in [-0.2, -0.15) is 4.31 Å². The number of aryl methyl sites for hydroxylation is 2. The molecule has 5 heteroatoms. The SMILES string of the molecule is Cc1ccc(S(=O)(=O)N2CC=C(C[C@@]3(C)COc4cc(C)c(C(C)C)cc43)CC2)cc1. The monoisotopic (exact) mass is 439 g/mol. The van der Waals surface area contributed by atoms with Gasteiger partial charge in [0.05, 0.1) is 11.5 Å².